The summed E-state index contributed by atoms with van der Waals surface area (Å²) >= 11 is 0. The Bertz CT molecular complexity index is 374. The average molecular weight is 253 g/mol. The van der Waals surface area contributed by atoms with Crippen molar-refractivity contribution >= 4 is 11.9 Å². The SMILES string of the molecule is CN(N)/N=C(\N)CNC(=O)OCC1=CCCC=C1. The third kappa shape index (κ3) is 5.90. The Morgan fingerprint density at radius 1 is 1.61 bits per heavy atom. The first-order chi connectivity index (χ1) is 8.58. The molecule has 1 rings (SSSR count). The highest BCUT2D eigenvalue weighted by Crippen LogP contribution is 2.09. The quantitative estimate of drug-likeness (QED) is 0.278. The van der Waals surface area contributed by atoms with Crippen LogP contribution in [0.4, 0.5) is 4.79 Å². The van der Waals surface area contributed by atoms with Crippen molar-refractivity contribution in [3.05, 3.63) is 23.8 Å². The van der Waals surface area contributed by atoms with E-state index in [2.05, 4.69) is 16.5 Å². The van der Waals surface area contributed by atoms with Crippen LogP contribution in [0.1, 0.15) is 12.8 Å². The molecule has 0 bridgehead atoms. The van der Waals surface area contributed by atoms with Gasteiger partial charge in [-0.3, -0.25) is 0 Å². The molecule has 7 heteroatoms. The fourth-order valence-electron chi connectivity index (χ4n) is 1.38. The Morgan fingerprint density at radius 2 is 2.39 bits per heavy atom. The third-order valence-corrected chi connectivity index (χ3v) is 2.14. The van der Waals surface area contributed by atoms with Gasteiger partial charge in [-0.1, -0.05) is 18.2 Å². The minimum absolute atomic E-state index is 0.0925. The highest BCUT2D eigenvalue weighted by Gasteiger charge is 2.05. The van der Waals surface area contributed by atoms with Gasteiger partial charge in [0.15, 0.2) is 0 Å². The minimum atomic E-state index is -0.535. The van der Waals surface area contributed by atoms with E-state index in [1.165, 1.54) is 7.05 Å². The molecule has 0 atom stereocenters. The van der Waals surface area contributed by atoms with E-state index >= 15 is 0 Å². The zero-order chi connectivity index (χ0) is 13.4. The van der Waals surface area contributed by atoms with Gasteiger partial charge in [0.25, 0.3) is 0 Å². The van der Waals surface area contributed by atoms with Crippen LogP contribution >= 0.6 is 0 Å². The van der Waals surface area contributed by atoms with Crippen LogP contribution in [-0.2, 0) is 4.74 Å². The number of hydrazine groups is 1. The van der Waals surface area contributed by atoms with Gasteiger partial charge in [-0.25, -0.2) is 15.8 Å². The number of nitrogens with one attached hydrogen (secondary N) is 1. The Morgan fingerprint density at radius 3 is 3.00 bits per heavy atom. The van der Waals surface area contributed by atoms with E-state index in [9.17, 15) is 4.79 Å². The van der Waals surface area contributed by atoms with Gasteiger partial charge in [0.05, 0.1) is 6.54 Å². The van der Waals surface area contributed by atoms with Crippen molar-refractivity contribution in [2.45, 2.75) is 12.8 Å². The second kappa shape index (κ2) is 7.33. The van der Waals surface area contributed by atoms with Crippen molar-refractivity contribution in [1.82, 2.24) is 10.4 Å². The van der Waals surface area contributed by atoms with E-state index in [0.717, 1.165) is 23.5 Å². The summed E-state index contributed by atoms with van der Waals surface area (Å²) in [4.78, 5) is 11.3. The van der Waals surface area contributed by atoms with Gasteiger partial charge in [-0.15, -0.1) is 5.10 Å². The monoisotopic (exact) mass is 253 g/mol. The van der Waals surface area contributed by atoms with Crippen LogP contribution in [0.25, 0.3) is 0 Å². The second-order valence-corrected chi connectivity index (χ2v) is 3.85. The van der Waals surface area contributed by atoms with E-state index < -0.39 is 6.09 Å². The molecular weight excluding hydrogens is 234 g/mol. The number of rotatable bonds is 5. The molecule has 100 valence electrons. The molecule has 1 aliphatic carbocycles. The van der Waals surface area contributed by atoms with Crippen molar-refractivity contribution in [3.8, 4) is 0 Å². The number of hydrazone groups is 1. The summed E-state index contributed by atoms with van der Waals surface area (Å²) in [5.74, 6) is 5.47. The summed E-state index contributed by atoms with van der Waals surface area (Å²) in [6.07, 6.45) is 7.54. The van der Waals surface area contributed by atoms with Crippen LogP contribution in [0.15, 0.2) is 28.9 Å². The highest BCUT2D eigenvalue weighted by atomic mass is 16.5. The number of ether oxygens (including phenoxy) is 1. The third-order valence-electron chi connectivity index (χ3n) is 2.14. The normalized spacial score (nSPS) is 15.0. The first kappa shape index (κ1) is 14.0. The first-order valence-electron chi connectivity index (χ1n) is 5.65. The Balaban J connectivity index is 2.22. The van der Waals surface area contributed by atoms with E-state index in [0.29, 0.717) is 0 Å². The van der Waals surface area contributed by atoms with Crippen molar-refractivity contribution < 1.29 is 9.53 Å². The van der Waals surface area contributed by atoms with Gasteiger partial charge >= 0.3 is 6.09 Å². The van der Waals surface area contributed by atoms with E-state index in [4.69, 9.17) is 16.3 Å². The van der Waals surface area contributed by atoms with E-state index in [1.54, 1.807) is 0 Å². The number of carbonyl (C=O) groups excluding carboxylic acids is 1. The van der Waals surface area contributed by atoms with Gasteiger partial charge in [-0.2, -0.15) is 0 Å². The molecule has 0 radical (unpaired) electrons. The topological polar surface area (TPSA) is 106 Å². The number of carbonyl (C=O) groups is 1. The van der Waals surface area contributed by atoms with E-state index in [1.807, 2.05) is 12.2 Å². The molecule has 0 aromatic heterocycles. The lowest BCUT2D eigenvalue weighted by Crippen LogP contribution is -2.36. The summed E-state index contributed by atoms with van der Waals surface area (Å²) in [6, 6.07) is 0. The van der Waals surface area contributed by atoms with Crippen molar-refractivity contribution in [1.29, 1.82) is 0 Å². The summed E-state index contributed by atoms with van der Waals surface area (Å²) in [7, 11) is 1.53. The van der Waals surface area contributed by atoms with Gasteiger partial charge in [0.2, 0.25) is 0 Å². The standard InChI is InChI=1S/C11H19N5O2/c1-16(13)15-10(12)7-14-11(17)18-8-9-5-3-2-4-6-9/h3,5-6H,2,4,7-8,13H2,1H3,(H2,12,15)(H,14,17). The molecule has 0 aliphatic heterocycles. The lowest BCUT2D eigenvalue weighted by atomic mass is 10.1. The van der Waals surface area contributed by atoms with Crippen molar-refractivity contribution in [2.75, 3.05) is 20.2 Å². The van der Waals surface area contributed by atoms with Gasteiger partial charge in [0.1, 0.15) is 12.4 Å². The molecule has 0 saturated heterocycles. The molecule has 7 nitrogen and oxygen atoms in total. The lowest BCUT2D eigenvalue weighted by molar-refractivity contribution is 0.158. The van der Waals surface area contributed by atoms with Gasteiger partial charge in [-0.05, 0) is 18.4 Å². The number of allylic oxidation sites excluding steroid dienone is 2. The van der Waals surface area contributed by atoms with Crippen LogP contribution in [0.3, 0.4) is 0 Å². The van der Waals surface area contributed by atoms with Gasteiger partial charge < -0.3 is 15.8 Å². The number of amides is 1. The summed E-state index contributed by atoms with van der Waals surface area (Å²) in [6.45, 7) is 0.353. The van der Waals surface area contributed by atoms with Crippen molar-refractivity contribution in [3.63, 3.8) is 0 Å². The second-order valence-electron chi connectivity index (χ2n) is 3.85. The highest BCUT2D eigenvalue weighted by molar-refractivity contribution is 5.85. The largest absolute Gasteiger partial charge is 0.445 e. The molecule has 1 aliphatic rings. The molecule has 0 fully saturated rings. The summed E-state index contributed by atoms with van der Waals surface area (Å²) < 4.78 is 5.01. The Labute approximate surface area is 106 Å². The summed E-state index contributed by atoms with van der Waals surface area (Å²) in [5.41, 5.74) is 6.50. The number of hydrogen-bond donors (Lipinski definition) is 3. The maximum Gasteiger partial charge on any atom is 0.407 e. The van der Waals surface area contributed by atoms with Crippen LogP contribution < -0.4 is 16.9 Å². The van der Waals surface area contributed by atoms with Crippen LogP contribution in [0.5, 0.6) is 0 Å². The van der Waals surface area contributed by atoms with Crippen molar-refractivity contribution in [2.24, 2.45) is 16.7 Å². The van der Waals surface area contributed by atoms with Crippen LogP contribution in [0.2, 0.25) is 0 Å². The zero-order valence-corrected chi connectivity index (χ0v) is 10.4. The molecule has 0 saturated carbocycles. The minimum Gasteiger partial charge on any atom is -0.445 e. The van der Waals surface area contributed by atoms with E-state index in [-0.39, 0.29) is 19.0 Å². The molecule has 0 aromatic rings. The zero-order valence-electron chi connectivity index (χ0n) is 10.4. The maximum absolute atomic E-state index is 11.3. The number of nitrogens with two attached hydrogens (primary N) is 2. The Kier molecular flexibility index (Phi) is 5.72. The average Bonchev–Trinajstić information content (AvgIpc) is 2.34. The Hall–Kier alpha value is -2.02. The molecule has 0 spiro atoms. The van der Waals surface area contributed by atoms with Crippen LogP contribution in [-0.4, -0.2) is 37.2 Å². The molecule has 0 aromatic carbocycles. The van der Waals surface area contributed by atoms with Gasteiger partial charge in [0, 0.05) is 7.05 Å². The number of nitrogens with zero attached hydrogens (tertiary/aromatic N) is 2. The molecule has 5 N–H and O–H groups in total. The predicted octanol–water partition coefficient (Wildman–Crippen LogP) is 0.0667. The number of hydrogen-bond acceptors (Lipinski definition) is 5. The number of amidine groups is 1. The molecule has 0 unspecified atom stereocenters. The fourth-order valence-corrected chi connectivity index (χ4v) is 1.38. The molecular formula is C11H19N5O2. The maximum atomic E-state index is 11.3. The first-order valence-corrected chi connectivity index (χ1v) is 5.65. The lowest BCUT2D eigenvalue weighted by Gasteiger charge is -2.10. The molecule has 0 heterocycles. The van der Waals surface area contributed by atoms with Crippen LogP contribution in [0, 0.1) is 0 Å². The predicted molar refractivity (Wildman–Crippen MR) is 69.4 cm³/mol. The number of alkyl carbamates (subject to hydrolysis) is 1. The smallest absolute Gasteiger partial charge is 0.407 e. The fraction of sp³-hybridized carbons (Fsp3) is 0.455. The molecule has 1 amide bonds. The molecule has 18 heavy (non-hydrogen) atoms. The summed E-state index contributed by atoms with van der Waals surface area (Å²) in [5, 5.41) is 7.26.